The highest BCUT2D eigenvalue weighted by Crippen LogP contribution is 2.37. The van der Waals surface area contributed by atoms with E-state index in [1.54, 1.807) is 0 Å². The van der Waals surface area contributed by atoms with Gasteiger partial charge < -0.3 is 9.80 Å². The predicted octanol–water partition coefficient (Wildman–Crippen LogP) is 1.64. The fourth-order valence-electron chi connectivity index (χ4n) is 4.28. The van der Waals surface area contributed by atoms with Gasteiger partial charge in [0.25, 0.3) is 0 Å². The lowest BCUT2D eigenvalue weighted by Gasteiger charge is -2.60. The first-order valence-corrected chi connectivity index (χ1v) is 7.93. The molecule has 0 aromatic heterocycles. The van der Waals surface area contributed by atoms with Crippen molar-refractivity contribution in [1.82, 2.24) is 14.7 Å². The summed E-state index contributed by atoms with van der Waals surface area (Å²) >= 11 is 0. The lowest BCUT2D eigenvalue weighted by Crippen LogP contribution is -2.71. The molecular formula is C15H29N3. The zero-order valence-corrected chi connectivity index (χ0v) is 12.3. The number of hydrogen-bond acceptors (Lipinski definition) is 3. The fraction of sp³-hybridized carbons (Fsp3) is 1.00. The van der Waals surface area contributed by atoms with Crippen LogP contribution < -0.4 is 0 Å². The minimum Gasteiger partial charge on any atom is -0.301 e. The minimum atomic E-state index is 0.734. The largest absolute Gasteiger partial charge is 0.301 e. The molecule has 3 nitrogen and oxygen atoms in total. The number of piperazine rings is 1. The van der Waals surface area contributed by atoms with Crippen molar-refractivity contribution in [3.8, 4) is 0 Å². The molecule has 3 heteroatoms. The van der Waals surface area contributed by atoms with Crippen molar-refractivity contribution in [3.05, 3.63) is 0 Å². The Labute approximate surface area is 112 Å². The van der Waals surface area contributed by atoms with Crippen LogP contribution in [0.4, 0.5) is 0 Å². The number of rotatable bonds is 3. The van der Waals surface area contributed by atoms with E-state index in [1.807, 2.05) is 0 Å². The third-order valence-corrected chi connectivity index (χ3v) is 5.42. The molecule has 4 aliphatic rings. The summed E-state index contributed by atoms with van der Waals surface area (Å²) in [5, 5.41) is 0. The number of likely N-dealkylation sites (tertiary alicyclic amines) is 1. The molecule has 0 saturated carbocycles. The second-order valence-electron chi connectivity index (χ2n) is 6.70. The smallest absolute Gasteiger partial charge is 0.0244 e. The lowest BCUT2D eigenvalue weighted by atomic mass is 9.83. The highest BCUT2D eigenvalue weighted by molar-refractivity contribution is 5.04. The summed E-state index contributed by atoms with van der Waals surface area (Å²) in [7, 11) is 0. The van der Waals surface area contributed by atoms with Crippen LogP contribution in [-0.2, 0) is 0 Å². The predicted molar refractivity (Wildman–Crippen MR) is 75.9 cm³/mol. The first-order valence-electron chi connectivity index (χ1n) is 7.93. The van der Waals surface area contributed by atoms with E-state index in [9.17, 15) is 0 Å². The van der Waals surface area contributed by atoms with E-state index in [1.165, 1.54) is 52.0 Å². The Bertz CT molecular complexity index is 271. The molecule has 0 aromatic carbocycles. The average molecular weight is 251 g/mol. The molecule has 104 valence electrons. The molecule has 2 unspecified atom stereocenters. The molecule has 0 aliphatic carbocycles. The van der Waals surface area contributed by atoms with Gasteiger partial charge in [-0.25, -0.2) is 0 Å². The third kappa shape index (κ3) is 2.21. The Balaban J connectivity index is 1.53. The number of nitrogens with zero attached hydrogens (tertiary/aromatic N) is 3. The van der Waals surface area contributed by atoms with Gasteiger partial charge >= 0.3 is 0 Å². The van der Waals surface area contributed by atoms with Gasteiger partial charge in [-0.15, -0.1) is 0 Å². The number of likely N-dealkylation sites (N-methyl/N-ethyl adjacent to an activating group) is 1. The second-order valence-corrected chi connectivity index (χ2v) is 6.70. The van der Waals surface area contributed by atoms with Crippen LogP contribution in [0.5, 0.6) is 0 Å². The maximum Gasteiger partial charge on any atom is 0.0244 e. The van der Waals surface area contributed by atoms with Crippen molar-refractivity contribution in [1.29, 1.82) is 0 Å². The van der Waals surface area contributed by atoms with Gasteiger partial charge in [-0.05, 0) is 52.7 Å². The normalized spacial score (nSPS) is 36.0. The van der Waals surface area contributed by atoms with Crippen LogP contribution in [0.1, 0.15) is 40.0 Å². The van der Waals surface area contributed by atoms with Crippen molar-refractivity contribution in [3.63, 3.8) is 0 Å². The van der Waals surface area contributed by atoms with Gasteiger partial charge in [-0.2, -0.15) is 0 Å². The van der Waals surface area contributed by atoms with Gasteiger partial charge in [0.2, 0.25) is 0 Å². The summed E-state index contributed by atoms with van der Waals surface area (Å²) in [5.41, 5.74) is 0. The average Bonchev–Trinajstić information content (AvgIpc) is 2.39. The Hall–Kier alpha value is -0.120. The quantitative estimate of drug-likeness (QED) is 0.755. The molecule has 0 aromatic rings. The molecule has 4 saturated heterocycles. The van der Waals surface area contributed by atoms with E-state index >= 15 is 0 Å². The summed E-state index contributed by atoms with van der Waals surface area (Å²) in [5.74, 6) is 0. The Morgan fingerprint density at radius 1 is 1.00 bits per heavy atom. The summed E-state index contributed by atoms with van der Waals surface area (Å²) < 4.78 is 0. The fourth-order valence-corrected chi connectivity index (χ4v) is 4.28. The highest BCUT2D eigenvalue weighted by Gasteiger charge is 2.47. The first-order chi connectivity index (χ1) is 8.69. The van der Waals surface area contributed by atoms with Crippen LogP contribution in [0.2, 0.25) is 0 Å². The van der Waals surface area contributed by atoms with Crippen molar-refractivity contribution in [2.75, 3.05) is 32.7 Å². The Morgan fingerprint density at radius 2 is 1.61 bits per heavy atom. The molecule has 0 spiro atoms. The van der Waals surface area contributed by atoms with Gasteiger partial charge in [0, 0.05) is 37.3 Å². The van der Waals surface area contributed by atoms with Crippen molar-refractivity contribution < 1.29 is 0 Å². The van der Waals surface area contributed by atoms with Crippen LogP contribution in [0.3, 0.4) is 0 Å². The summed E-state index contributed by atoms with van der Waals surface area (Å²) in [6.45, 7) is 13.5. The molecule has 4 fully saturated rings. The molecule has 4 heterocycles. The lowest BCUT2D eigenvalue weighted by molar-refractivity contribution is -0.107. The zero-order valence-electron chi connectivity index (χ0n) is 12.3. The van der Waals surface area contributed by atoms with Crippen LogP contribution in [0.15, 0.2) is 0 Å². The maximum atomic E-state index is 2.88. The maximum absolute atomic E-state index is 2.88. The van der Waals surface area contributed by atoms with Crippen molar-refractivity contribution in [2.24, 2.45) is 0 Å². The van der Waals surface area contributed by atoms with Crippen molar-refractivity contribution in [2.45, 2.75) is 64.2 Å². The molecule has 2 bridgehead atoms. The standard InChI is InChI=1S/C15H29N3/c1-4-16-10-14-9-15(11-16)18(14)13-5-7-17(8-6-13)12(2)3/h12-15H,4-11H2,1-3H3. The molecule has 4 aliphatic heterocycles. The Morgan fingerprint density at radius 3 is 2.11 bits per heavy atom. The van der Waals surface area contributed by atoms with Gasteiger partial charge in [0.1, 0.15) is 0 Å². The monoisotopic (exact) mass is 251 g/mol. The van der Waals surface area contributed by atoms with Crippen molar-refractivity contribution >= 4 is 0 Å². The first kappa shape index (κ1) is 12.9. The summed E-state index contributed by atoms with van der Waals surface area (Å²) in [6, 6.07) is 3.40. The van der Waals surface area contributed by atoms with E-state index in [4.69, 9.17) is 0 Å². The molecular weight excluding hydrogens is 222 g/mol. The van der Waals surface area contributed by atoms with E-state index in [0.717, 1.165) is 24.2 Å². The second kappa shape index (κ2) is 5.10. The topological polar surface area (TPSA) is 9.72 Å². The molecule has 0 amide bonds. The Kier molecular flexibility index (Phi) is 3.65. The van der Waals surface area contributed by atoms with Gasteiger partial charge in [0.05, 0.1) is 0 Å². The number of piperidine rings is 2. The molecule has 18 heavy (non-hydrogen) atoms. The SMILES string of the molecule is CCN1CC2CC(C1)N2C1CCN(C(C)C)CC1. The van der Waals surface area contributed by atoms with E-state index in [0.29, 0.717) is 0 Å². The summed E-state index contributed by atoms with van der Waals surface area (Å²) in [4.78, 5) is 8.16. The highest BCUT2D eigenvalue weighted by atomic mass is 15.4. The molecule has 0 N–H and O–H groups in total. The zero-order chi connectivity index (χ0) is 12.7. The third-order valence-electron chi connectivity index (χ3n) is 5.42. The van der Waals surface area contributed by atoms with Crippen LogP contribution in [0.25, 0.3) is 0 Å². The van der Waals surface area contributed by atoms with E-state index < -0.39 is 0 Å². The van der Waals surface area contributed by atoms with Crippen LogP contribution in [-0.4, -0.2) is 71.6 Å². The number of fused-ring (bicyclic) bond motifs is 2. The van der Waals surface area contributed by atoms with Gasteiger partial charge in [-0.1, -0.05) is 6.92 Å². The van der Waals surface area contributed by atoms with Crippen LogP contribution >= 0.6 is 0 Å². The number of hydrogen-bond donors (Lipinski definition) is 0. The molecule has 4 rings (SSSR count). The molecule has 2 atom stereocenters. The van der Waals surface area contributed by atoms with Gasteiger partial charge in [0.15, 0.2) is 0 Å². The van der Waals surface area contributed by atoms with E-state index in [-0.39, 0.29) is 0 Å². The molecule has 0 radical (unpaired) electrons. The van der Waals surface area contributed by atoms with Gasteiger partial charge in [-0.3, -0.25) is 4.90 Å². The summed E-state index contributed by atoms with van der Waals surface area (Å²) in [6.07, 6.45) is 4.27. The van der Waals surface area contributed by atoms with Crippen LogP contribution in [0, 0.1) is 0 Å². The van der Waals surface area contributed by atoms with E-state index in [2.05, 4.69) is 35.5 Å². The minimum absolute atomic E-state index is 0.734.